The van der Waals surface area contributed by atoms with E-state index in [0.717, 1.165) is 16.5 Å². The van der Waals surface area contributed by atoms with E-state index in [2.05, 4.69) is 32.4 Å². The van der Waals surface area contributed by atoms with Gasteiger partial charge in [-0.3, -0.25) is 4.79 Å². The lowest BCUT2D eigenvalue weighted by atomic mass is 9.97. The van der Waals surface area contributed by atoms with Crippen LogP contribution in [-0.4, -0.2) is 30.4 Å². The Morgan fingerprint density at radius 2 is 1.84 bits per heavy atom. The summed E-state index contributed by atoms with van der Waals surface area (Å²) in [6.07, 6.45) is 3.41. The summed E-state index contributed by atoms with van der Waals surface area (Å²) in [5.41, 5.74) is 1.52. The number of aliphatic hydroxyl groups is 1. The molecule has 186 valence electrons. The van der Waals surface area contributed by atoms with Crippen LogP contribution in [0.25, 0.3) is 10.8 Å². The van der Waals surface area contributed by atoms with Crippen molar-refractivity contribution in [1.82, 2.24) is 9.97 Å². The number of hydrogen-bond donors (Lipinski definition) is 4. The number of nitrogens with zero attached hydrogens (tertiary/aromatic N) is 2. The molecule has 2 aromatic carbocycles. The third-order valence-corrected chi connectivity index (χ3v) is 8.65. The van der Waals surface area contributed by atoms with E-state index in [1.165, 1.54) is 6.92 Å². The Morgan fingerprint density at radius 3 is 2.57 bits per heavy atom. The summed E-state index contributed by atoms with van der Waals surface area (Å²) < 4.78 is 20.7. The molecule has 0 spiro atoms. The molecule has 2 unspecified atom stereocenters. The number of rotatable bonds is 4. The number of amides is 1. The lowest BCUT2D eigenvalue weighted by Gasteiger charge is -2.13. The summed E-state index contributed by atoms with van der Waals surface area (Å²) in [7, 11) is -2.84. The number of hydrogen-bond acceptors (Lipinski definition) is 7. The van der Waals surface area contributed by atoms with Crippen LogP contribution in [0.4, 0.5) is 17.2 Å². The van der Waals surface area contributed by atoms with Crippen molar-refractivity contribution in [2.24, 2.45) is 0 Å². The predicted molar refractivity (Wildman–Crippen MR) is 144 cm³/mol. The van der Waals surface area contributed by atoms with Crippen molar-refractivity contribution >= 4 is 43.6 Å². The minimum absolute atomic E-state index is 0.272. The standard InChI is InChI=1S/C28H25N5O3S/c1-17(2)37(29,36)21-8-6-20(7-9-21)32-26-15-22-19(16-31-26)12-13-30-24(22)11-5-18-4-10-23-25(14-18)33-27(34)28(23,3)35/h4,6-10,12-17,29,35H,1-3H3,(H,31,32)(H,33,34). The third-order valence-electron chi connectivity index (χ3n) is 6.35. The van der Waals surface area contributed by atoms with Crippen LogP contribution in [0.15, 0.2) is 71.9 Å². The molecule has 2 atom stereocenters. The van der Waals surface area contributed by atoms with E-state index < -0.39 is 21.2 Å². The number of nitrogens with one attached hydrogen (secondary N) is 3. The van der Waals surface area contributed by atoms with Gasteiger partial charge in [-0.2, -0.15) is 0 Å². The lowest BCUT2D eigenvalue weighted by molar-refractivity contribution is -0.131. The van der Waals surface area contributed by atoms with Crippen molar-refractivity contribution < 1.29 is 14.1 Å². The Hall–Kier alpha value is -4.26. The van der Waals surface area contributed by atoms with Gasteiger partial charge in [-0.15, -0.1) is 0 Å². The van der Waals surface area contributed by atoms with Gasteiger partial charge in [0.1, 0.15) is 11.5 Å². The molecule has 0 bridgehead atoms. The molecule has 5 rings (SSSR count). The van der Waals surface area contributed by atoms with E-state index >= 15 is 0 Å². The molecule has 0 saturated heterocycles. The molecule has 1 amide bonds. The highest BCUT2D eigenvalue weighted by Crippen LogP contribution is 2.36. The predicted octanol–water partition coefficient (Wildman–Crippen LogP) is 4.75. The van der Waals surface area contributed by atoms with E-state index in [1.54, 1.807) is 68.7 Å². The molecule has 1 aliphatic heterocycles. The van der Waals surface area contributed by atoms with Crippen LogP contribution >= 0.6 is 0 Å². The van der Waals surface area contributed by atoms with Gasteiger partial charge >= 0.3 is 0 Å². The molecule has 4 N–H and O–H groups in total. The Labute approximate surface area is 215 Å². The summed E-state index contributed by atoms with van der Waals surface area (Å²) in [6, 6.07) is 15.9. The largest absolute Gasteiger partial charge is 0.375 e. The highest BCUT2D eigenvalue weighted by molar-refractivity contribution is 7.93. The van der Waals surface area contributed by atoms with Crippen LogP contribution in [0.1, 0.15) is 37.6 Å². The molecule has 0 saturated carbocycles. The first-order valence-electron chi connectivity index (χ1n) is 11.7. The number of fused-ring (bicyclic) bond motifs is 2. The van der Waals surface area contributed by atoms with Crippen molar-refractivity contribution in [1.29, 1.82) is 4.78 Å². The summed E-state index contributed by atoms with van der Waals surface area (Å²) in [4.78, 5) is 21.4. The summed E-state index contributed by atoms with van der Waals surface area (Å²) in [5.74, 6) is 6.33. The molecular formula is C28H25N5O3S. The Morgan fingerprint density at radius 1 is 1.08 bits per heavy atom. The highest BCUT2D eigenvalue weighted by Gasteiger charge is 2.40. The fourth-order valence-electron chi connectivity index (χ4n) is 4.04. The van der Waals surface area contributed by atoms with Crippen LogP contribution in [0.3, 0.4) is 0 Å². The van der Waals surface area contributed by atoms with Crippen LogP contribution in [0.5, 0.6) is 0 Å². The van der Waals surface area contributed by atoms with E-state index in [-0.39, 0.29) is 5.25 Å². The molecule has 0 aliphatic carbocycles. The lowest BCUT2D eigenvalue weighted by Crippen LogP contribution is -2.30. The summed E-state index contributed by atoms with van der Waals surface area (Å²) in [5, 5.41) is 17.7. The second kappa shape index (κ2) is 9.00. The van der Waals surface area contributed by atoms with Crippen LogP contribution in [-0.2, 0) is 20.1 Å². The second-order valence-electron chi connectivity index (χ2n) is 9.29. The average molecular weight is 512 g/mol. The van der Waals surface area contributed by atoms with Crippen molar-refractivity contribution in [2.45, 2.75) is 36.5 Å². The number of pyridine rings is 2. The van der Waals surface area contributed by atoms with Crippen molar-refractivity contribution in [3.05, 3.63) is 83.8 Å². The zero-order valence-corrected chi connectivity index (χ0v) is 21.3. The SMILES string of the molecule is CC(C)S(=N)(=O)c1ccc(Nc2cc3c(C#Cc4ccc5c(c4)NC(=O)C5(C)O)nccc3cn2)cc1. The van der Waals surface area contributed by atoms with Crippen LogP contribution in [0.2, 0.25) is 0 Å². The average Bonchev–Trinajstić information content (AvgIpc) is 3.10. The molecule has 2 aromatic heterocycles. The van der Waals surface area contributed by atoms with E-state index in [0.29, 0.717) is 33.2 Å². The zero-order valence-electron chi connectivity index (χ0n) is 20.5. The van der Waals surface area contributed by atoms with Gasteiger partial charge < -0.3 is 15.7 Å². The summed E-state index contributed by atoms with van der Waals surface area (Å²) in [6.45, 7) is 5.02. The fourth-order valence-corrected chi connectivity index (χ4v) is 5.13. The first-order chi connectivity index (χ1) is 17.6. The van der Waals surface area contributed by atoms with Crippen molar-refractivity contribution in [3.63, 3.8) is 0 Å². The highest BCUT2D eigenvalue weighted by atomic mass is 32.2. The molecule has 9 heteroatoms. The molecule has 4 aromatic rings. The molecule has 3 heterocycles. The molecule has 1 aliphatic rings. The first-order valence-corrected chi connectivity index (χ1v) is 13.3. The maximum Gasteiger partial charge on any atom is 0.260 e. The van der Waals surface area contributed by atoms with Gasteiger partial charge in [-0.25, -0.2) is 19.0 Å². The van der Waals surface area contributed by atoms with Gasteiger partial charge in [0.2, 0.25) is 0 Å². The third kappa shape index (κ3) is 4.53. The maximum atomic E-state index is 12.6. The van der Waals surface area contributed by atoms with Gasteiger partial charge in [0.25, 0.3) is 5.91 Å². The van der Waals surface area contributed by atoms with Gasteiger partial charge in [0.15, 0.2) is 5.60 Å². The molecule has 0 fully saturated rings. The minimum Gasteiger partial charge on any atom is -0.375 e. The smallest absolute Gasteiger partial charge is 0.260 e. The van der Waals surface area contributed by atoms with Gasteiger partial charge in [0, 0.05) is 55.8 Å². The molecule has 0 radical (unpaired) electrons. The quantitative estimate of drug-likeness (QED) is 0.293. The number of anilines is 3. The van der Waals surface area contributed by atoms with E-state index in [9.17, 15) is 14.1 Å². The number of benzene rings is 2. The fraction of sp³-hybridized carbons (Fsp3) is 0.179. The maximum absolute atomic E-state index is 12.6. The van der Waals surface area contributed by atoms with E-state index in [4.69, 9.17) is 4.78 Å². The molecule has 8 nitrogen and oxygen atoms in total. The number of carbonyl (C=O) groups excluding carboxylic acids is 1. The minimum atomic E-state index is -2.84. The normalized spacial score (nSPS) is 18.0. The van der Waals surface area contributed by atoms with Gasteiger partial charge in [0.05, 0.1) is 9.73 Å². The van der Waals surface area contributed by atoms with Crippen LogP contribution < -0.4 is 10.6 Å². The van der Waals surface area contributed by atoms with Crippen molar-refractivity contribution in [3.8, 4) is 11.8 Å². The molecular weight excluding hydrogens is 486 g/mol. The van der Waals surface area contributed by atoms with Crippen molar-refractivity contribution in [2.75, 3.05) is 10.6 Å². The molecule has 37 heavy (non-hydrogen) atoms. The van der Waals surface area contributed by atoms with Gasteiger partial charge in [-0.05, 0) is 75.2 Å². The number of carbonyl (C=O) groups is 1. The topological polar surface area (TPSA) is 128 Å². The van der Waals surface area contributed by atoms with Crippen LogP contribution in [0, 0.1) is 16.6 Å². The summed E-state index contributed by atoms with van der Waals surface area (Å²) >= 11 is 0. The first kappa shape index (κ1) is 24.4. The monoisotopic (exact) mass is 511 g/mol. The van der Waals surface area contributed by atoms with Gasteiger partial charge in [-0.1, -0.05) is 12.0 Å². The Balaban J connectivity index is 1.43. The number of aromatic nitrogens is 2. The van der Waals surface area contributed by atoms with E-state index in [1.807, 2.05) is 12.1 Å². The Kier molecular flexibility index (Phi) is 5.94. The zero-order chi connectivity index (χ0) is 26.4. The second-order valence-corrected chi connectivity index (χ2v) is 11.9. The Bertz CT molecular complexity index is 1720.